The molecule has 208 valence electrons. The van der Waals surface area contributed by atoms with Crippen LogP contribution in [0.5, 0.6) is 5.75 Å². The van der Waals surface area contributed by atoms with Crippen LogP contribution in [0.1, 0.15) is 61.9 Å². The number of rotatable bonds is 8. The number of alkyl carbamates (subject to hydrolysis) is 1. The lowest BCUT2D eigenvalue weighted by Crippen LogP contribution is -2.38. The summed E-state index contributed by atoms with van der Waals surface area (Å²) in [5.41, 5.74) is 1.35. The normalized spacial score (nSPS) is 17.1. The van der Waals surface area contributed by atoms with E-state index in [4.69, 9.17) is 9.47 Å². The van der Waals surface area contributed by atoms with Crippen molar-refractivity contribution < 1.29 is 23.5 Å². The standard InChI is InChI=1S/C27H34FN7O4/c1-16-30-21(12-22(31-16)25(36)29-13-17-7-9-20(28)24(11-17)38-5)23-15-35(34-33-23)14-18-6-8-19(10-18)32-26(37)39-27(2,3)4/h7,9,11-12,15,18-19H,6,8,10,13-14H2,1-5H3,(H,29,36)(H,32,37)/t18-,19?/m0/s1. The van der Waals surface area contributed by atoms with Crippen molar-refractivity contribution in [1.82, 2.24) is 35.6 Å². The van der Waals surface area contributed by atoms with E-state index in [1.165, 1.54) is 19.2 Å². The van der Waals surface area contributed by atoms with Crippen LogP contribution < -0.4 is 15.4 Å². The summed E-state index contributed by atoms with van der Waals surface area (Å²) in [5, 5.41) is 14.2. The average Bonchev–Trinajstić information content (AvgIpc) is 3.51. The fourth-order valence-electron chi connectivity index (χ4n) is 4.52. The van der Waals surface area contributed by atoms with Crippen molar-refractivity contribution in [1.29, 1.82) is 0 Å². The minimum absolute atomic E-state index is 0.0643. The van der Waals surface area contributed by atoms with E-state index >= 15 is 0 Å². The molecule has 0 bridgehead atoms. The van der Waals surface area contributed by atoms with Crippen LogP contribution in [0.4, 0.5) is 9.18 Å². The first kappa shape index (κ1) is 27.9. The first-order valence-electron chi connectivity index (χ1n) is 12.9. The van der Waals surface area contributed by atoms with Crippen LogP contribution in [0.25, 0.3) is 11.4 Å². The molecule has 2 N–H and O–H groups in total. The molecule has 1 aromatic carbocycles. The van der Waals surface area contributed by atoms with E-state index < -0.39 is 23.4 Å². The number of carbonyl (C=O) groups is 2. The van der Waals surface area contributed by atoms with Gasteiger partial charge in [-0.15, -0.1) is 5.10 Å². The zero-order valence-corrected chi connectivity index (χ0v) is 22.8. The average molecular weight is 540 g/mol. The lowest BCUT2D eigenvalue weighted by Gasteiger charge is -2.21. The second-order valence-electron chi connectivity index (χ2n) is 10.7. The maximum Gasteiger partial charge on any atom is 0.407 e. The van der Waals surface area contributed by atoms with E-state index in [2.05, 4.69) is 30.9 Å². The Morgan fingerprint density at radius 2 is 1.95 bits per heavy atom. The van der Waals surface area contributed by atoms with Crippen molar-refractivity contribution in [3.05, 3.63) is 53.4 Å². The van der Waals surface area contributed by atoms with Gasteiger partial charge in [-0.05, 0) is 76.6 Å². The van der Waals surface area contributed by atoms with E-state index in [0.29, 0.717) is 35.2 Å². The van der Waals surface area contributed by atoms with Gasteiger partial charge in [0.05, 0.1) is 19.0 Å². The molecule has 1 fully saturated rings. The Kier molecular flexibility index (Phi) is 8.41. The largest absolute Gasteiger partial charge is 0.494 e. The predicted molar refractivity (Wildman–Crippen MR) is 140 cm³/mol. The Morgan fingerprint density at radius 1 is 1.15 bits per heavy atom. The van der Waals surface area contributed by atoms with Crippen molar-refractivity contribution in [3.8, 4) is 17.1 Å². The fourth-order valence-corrected chi connectivity index (χ4v) is 4.52. The van der Waals surface area contributed by atoms with Crippen LogP contribution >= 0.6 is 0 Å². The summed E-state index contributed by atoms with van der Waals surface area (Å²) in [6.07, 6.45) is 4.05. The molecule has 39 heavy (non-hydrogen) atoms. The number of carbonyl (C=O) groups excluding carboxylic acids is 2. The Morgan fingerprint density at radius 3 is 2.69 bits per heavy atom. The van der Waals surface area contributed by atoms with Gasteiger partial charge in [0.15, 0.2) is 11.6 Å². The third-order valence-corrected chi connectivity index (χ3v) is 6.25. The van der Waals surface area contributed by atoms with E-state index in [-0.39, 0.29) is 24.0 Å². The monoisotopic (exact) mass is 539 g/mol. The SMILES string of the molecule is COc1cc(CNC(=O)c2cc(-c3cn(C[C@H]4CCC(NC(=O)OC(C)(C)C)C4)nn3)nc(C)n2)ccc1F. The minimum atomic E-state index is -0.532. The number of aromatic nitrogens is 5. The number of benzene rings is 1. The molecule has 2 aromatic heterocycles. The third kappa shape index (κ3) is 7.71. The Bertz CT molecular complexity index is 1340. The predicted octanol–water partition coefficient (Wildman–Crippen LogP) is 3.81. The van der Waals surface area contributed by atoms with Gasteiger partial charge in [0, 0.05) is 19.1 Å². The number of halogens is 1. The molecule has 2 heterocycles. The first-order chi connectivity index (χ1) is 18.5. The molecule has 0 spiro atoms. The molecule has 0 saturated heterocycles. The number of hydrogen-bond donors (Lipinski definition) is 2. The molecular formula is C27H34FN7O4. The van der Waals surface area contributed by atoms with Crippen LogP contribution in [0.2, 0.25) is 0 Å². The zero-order chi connectivity index (χ0) is 28.2. The molecule has 1 aliphatic carbocycles. The number of nitrogens with one attached hydrogen (secondary N) is 2. The minimum Gasteiger partial charge on any atom is -0.494 e. The number of aryl methyl sites for hydroxylation is 1. The molecule has 2 amide bonds. The number of methoxy groups -OCH3 is 1. The van der Waals surface area contributed by atoms with Crippen molar-refractivity contribution in [2.75, 3.05) is 7.11 Å². The lowest BCUT2D eigenvalue weighted by atomic mass is 10.1. The van der Waals surface area contributed by atoms with Crippen LogP contribution in [0.3, 0.4) is 0 Å². The van der Waals surface area contributed by atoms with Gasteiger partial charge in [-0.1, -0.05) is 11.3 Å². The maximum absolute atomic E-state index is 13.6. The van der Waals surface area contributed by atoms with Gasteiger partial charge in [-0.2, -0.15) is 0 Å². The maximum atomic E-state index is 13.6. The molecule has 1 unspecified atom stereocenters. The molecular weight excluding hydrogens is 505 g/mol. The number of ether oxygens (including phenoxy) is 2. The van der Waals surface area contributed by atoms with Gasteiger partial charge in [0.1, 0.15) is 22.8 Å². The molecule has 4 rings (SSSR count). The fraction of sp³-hybridized carbons (Fsp3) is 0.481. The highest BCUT2D eigenvalue weighted by molar-refractivity contribution is 5.93. The van der Waals surface area contributed by atoms with Crippen molar-refractivity contribution in [2.45, 2.75) is 71.7 Å². The van der Waals surface area contributed by atoms with Crippen LogP contribution in [-0.4, -0.2) is 55.7 Å². The quantitative estimate of drug-likeness (QED) is 0.442. The highest BCUT2D eigenvalue weighted by Gasteiger charge is 2.28. The van der Waals surface area contributed by atoms with Crippen LogP contribution in [0.15, 0.2) is 30.5 Å². The number of hydrogen-bond acceptors (Lipinski definition) is 8. The summed E-state index contributed by atoms with van der Waals surface area (Å²) in [7, 11) is 1.39. The third-order valence-electron chi connectivity index (χ3n) is 6.25. The second kappa shape index (κ2) is 11.7. The number of nitrogens with zero attached hydrogens (tertiary/aromatic N) is 5. The molecule has 12 heteroatoms. The molecule has 3 aromatic rings. The van der Waals surface area contributed by atoms with Crippen molar-refractivity contribution >= 4 is 12.0 Å². The van der Waals surface area contributed by atoms with Gasteiger partial charge < -0.3 is 20.1 Å². The molecule has 0 aliphatic heterocycles. The summed E-state index contributed by atoms with van der Waals surface area (Å²) in [6, 6.07) is 6.03. The Labute approximate surface area is 226 Å². The summed E-state index contributed by atoms with van der Waals surface area (Å²) < 4.78 is 25.8. The highest BCUT2D eigenvalue weighted by Crippen LogP contribution is 2.28. The van der Waals surface area contributed by atoms with Crippen LogP contribution in [0, 0.1) is 18.7 Å². The van der Waals surface area contributed by atoms with Gasteiger partial charge in [0.25, 0.3) is 5.91 Å². The first-order valence-corrected chi connectivity index (χ1v) is 12.9. The smallest absolute Gasteiger partial charge is 0.407 e. The van der Waals surface area contributed by atoms with Gasteiger partial charge >= 0.3 is 6.09 Å². The summed E-state index contributed by atoms with van der Waals surface area (Å²) >= 11 is 0. The summed E-state index contributed by atoms with van der Waals surface area (Å²) in [6.45, 7) is 8.05. The molecule has 1 saturated carbocycles. The van der Waals surface area contributed by atoms with Crippen LogP contribution in [-0.2, 0) is 17.8 Å². The van der Waals surface area contributed by atoms with E-state index in [1.54, 1.807) is 29.9 Å². The topological polar surface area (TPSA) is 133 Å². The van der Waals surface area contributed by atoms with E-state index in [0.717, 1.165) is 19.3 Å². The molecule has 2 atom stereocenters. The molecule has 0 radical (unpaired) electrons. The summed E-state index contributed by atoms with van der Waals surface area (Å²) in [5.74, 6) is -0.00759. The molecule has 1 aliphatic rings. The number of amides is 2. The Balaban J connectivity index is 1.35. The van der Waals surface area contributed by atoms with Gasteiger partial charge in [0.2, 0.25) is 0 Å². The highest BCUT2D eigenvalue weighted by atomic mass is 19.1. The van der Waals surface area contributed by atoms with Gasteiger partial charge in [-0.3, -0.25) is 9.48 Å². The molecule has 11 nitrogen and oxygen atoms in total. The Hall–Kier alpha value is -4.09. The second-order valence-corrected chi connectivity index (χ2v) is 10.7. The van der Waals surface area contributed by atoms with Crippen molar-refractivity contribution in [3.63, 3.8) is 0 Å². The summed E-state index contributed by atoms with van der Waals surface area (Å²) in [4.78, 5) is 33.6. The van der Waals surface area contributed by atoms with Crippen molar-refractivity contribution in [2.24, 2.45) is 5.92 Å². The lowest BCUT2D eigenvalue weighted by molar-refractivity contribution is 0.0504. The zero-order valence-electron chi connectivity index (χ0n) is 22.8. The van der Waals surface area contributed by atoms with E-state index in [1.807, 2.05) is 20.8 Å². The van der Waals surface area contributed by atoms with E-state index in [9.17, 15) is 14.0 Å². The van der Waals surface area contributed by atoms with Gasteiger partial charge in [-0.25, -0.2) is 19.2 Å².